The number of nitrogens with one attached hydrogen (secondary N) is 1. The highest BCUT2D eigenvalue weighted by molar-refractivity contribution is 7.89. The lowest BCUT2D eigenvalue weighted by Gasteiger charge is -2.09. The van der Waals surface area contributed by atoms with Gasteiger partial charge >= 0.3 is 0 Å². The fraction of sp³-hybridized carbons (Fsp3) is 0.308. The zero-order valence-corrected chi connectivity index (χ0v) is 13.3. The monoisotopic (exact) mass is 329 g/mol. The molecule has 0 aliphatic carbocycles. The predicted octanol–water partition coefficient (Wildman–Crippen LogP) is 2.00. The van der Waals surface area contributed by atoms with E-state index < -0.39 is 15.8 Å². The Hall–Kier alpha value is -1.51. The lowest BCUT2D eigenvalue weighted by molar-refractivity contribution is 0.580. The molecule has 5 nitrogen and oxygen atoms in total. The van der Waals surface area contributed by atoms with E-state index in [2.05, 4.69) is 9.71 Å². The number of aryl methyl sites for hydroxylation is 2. The molecule has 0 amide bonds. The molecule has 0 saturated heterocycles. The van der Waals surface area contributed by atoms with Crippen molar-refractivity contribution in [2.75, 3.05) is 12.3 Å². The van der Waals surface area contributed by atoms with Gasteiger partial charge in [-0.25, -0.2) is 22.5 Å². The van der Waals surface area contributed by atoms with Crippen LogP contribution in [0, 0.1) is 19.7 Å². The van der Waals surface area contributed by atoms with Gasteiger partial charge in [-0.2, -0.15) is 0 Å². The van der Waals surface area contributed by atoms with Gasteiger partial charge in [0.15, 0.2) is 0 Å². The molecule has 0 aliphatic rings. The van der Waals surface area contributed by atoms with Crippen LogP contribution in [0.25, 0.3) is 0 Å². The molecular weight excluding hydrogens is 313 g/mol. The number of sulfonamides is 1. The lowest BCUT2D eigenvalue weighted by Crippen LogP contribution is -2.26. The average Bonchev–Trinajstić information content (AvgIpc) is 2.81. The largest absolute Gasteiger partial charge is 0.396 e. The van der Waals surface area contributed by atoms with Gasteiger partial charge in [-0.05, 0) is 31.5 Å². The van der Waals surface area contributed by atoms with Crippen molar-refractivity contribution < 1.29 is 12.8 Å². The van der Waals surface area contributed by atoms with Gasteiger partial charge < -0.3 is 5.73 Å². The third-order valence-electron chi connectivity index (χ3n) is 2.91. The maximum Gasteiger partial charge on any atom is 0.240 e. The molecule has 0 spiro atoms. The van der Waals surface area contributed by atoms with Crippen LogP contribution in [-0.4, -0.2) is 19.9 Å². The number of halogens is 1. The second-order valence-electron chi connectivity index (χ2n) is 4.65. The Morgan fingerprint density at radius 2 is 2.10 bits per heavy atom. The molecule has 21 heavy (non-hydrogen) atoms. The Balaban J connectivity index is 2.08. The van der Waals surface area contributed by atoms with Gasteiger partial charge in [0.2, 0.25) is 10.0 Å². The van der Waals surface area contributed by atoms with E-state index in [1.54, 1.807) is 0 Å². The first kappa shape index (κ1) is 15.9. The van der Waals surface area contributed by atoms with Gasteiger partial charge in [0.25, 0.3) is 0 Å². The number of nitrogens with zero attached hydrogens (tertiary/aromatic N) is 1. The minimum absolute atomic E-state index is 0.0339. The summed E-state index contributed by atoms with van der Waals surface area (Å²) in [6.07, 6.45) is 0.499. The fourth-order valence-corrected chi connectivity index (χ4v) is 3.64. The molecule has 2 rings (SSSR count). The van der Waals surface area contributed by atoms with Crippen LogP contribution in [0.4, 0.5) is 10.1 Å². The number of nitrogen functional groups attached to an aromatic ring is 1. The fourth-order valence-electron chi connectivity index (χ4n) is 1.84. The van der Waals surface area contributed by atoms with Crippen LogP contribution in [0.15, 0.2) is 22.4 Å². The molecule has 0 atom stereocenters. The minimum atomic E-state index is -3.71. The first-order valence-electron chi connectivity index (χ1n) is 6.26. The van der Waals surface area contributed by atoms with Crippen molar-refractivity contribution in [2.45, 2.75) is 25.2 Å². The van der Waals surface area contributed by atoms with E-state index in [9.17, 15) is 12.8 Å². The van der Waals surface area contributed by atoms with E-state index in [0.29, 0.717) is 6.42 Å². The number of hydrogen-bond acceptors (Lipinski definition) is 5. The molecular formula is C13H16FN3O2S2. The Morgan fingerprint density at radius 3 is 2.67 bits per heavy atom. The van der Waals surface area contributed by atoms with E-state index in [4.69, 9.17) is 5.73 Å². The molecule has 1 heterocycles. The Morgan fingerprint density at radius 1 is 1.38 bits per heavy atom. The summed E-state index contributed by atoms with van der Waals surface area (Å²) in [5, 5.41) is 2.83. The number of rotatable bonds is 5. The highest BCUT2D eigenvalue weighted by Crippen LogP contribution is 2.20. The van der Waals surface area contributed by atoms with E-state index in [1.807, 2.05) is 12.3 Å². The van der Waals surface area contributed by atoms with Gasteiger partial charge in [-0.1, -0.05) is 0 Å². The first-order valence-corrected chi connectivity index (χ1v) is 8.62. The number of thiazole rings is 1. The molecule has 1 aromatic carbocycles. The van der Waals surface area contributed by atoms with Crippen LogP contribution in [0.1, 0.15) is 16.3 Å². The maximum absolute atomic E-state index is 13.4. The molecule has 0 unspecified atom stereocenters. The number of benzene rings is 1. The zero-order chi connectivity index (χ0) is 15.6. The SMILES string of the molecule is Cc1nc(CCNS(=O)(=O)c2cc(C)c(F)c(N)c2)cs1. The summed E-state index contributed by atoms with van der Waals surface area (Å²) in [5.41, 5.74) is 6.33. The molecule has 1 aromatic heterocycles. The van der Waals surface area contributed by atoms with Crippen molar-refractivity contribution in [3.63, 3.8) is 0 Å². The molecule has 114 valence electrons. The van der Waals surface area contributed by atoms with Crippen LogP contribution >= 0.6 is 11.3 Å². The molecule has 0 bridgehead atoms. The second kappa shape index (κ2) is 6.08. The third-order valence-corrected chi connectivity index (χ3v) is 5.17. The summed E-state index contributed by atoms with van der Waals surface area (Å²) in [4.78, 5) is 4.22. The van der Waals surface area contributed by atoms with E-state index in [0.717, 1.165) is 16.8 Å². The molecule has 2 aromatic rings. The van der Waals surface area contributed by atoms with Gasteiger partial charge in [0, 0.05) is 18.3 Å². The van der Waals surface area contributed by atoms with E-state index >= 15 is 0 Å². The van der Waals surface area contributed by atoms with Crippen molar-refractivity contribution in [3.8, 4) is 0 Å². The summed E-state index contributed by atoms with van der Waals surface area (Å²) in [5.74, 6) is -0.591. The Bertz CT molecular complexity index is 734. The summed E-state index contributed by atoms with van der Waals surface area (Å²) < 4.78 is 40.2. The van der Waals surface area contributed by atoms with Crippen molar-refractivity contribution in [1.29, 1.82) is 0 Å². The zero-order valence-electron chi connectivity index (χ0n) is 11.7. The van der Waals surface area contributed by atoms with Crippen LogP contribution in [0.5, 0.6) is 0 Å². The lowest BCUT2D eigenvalue weighted by atomic mass is 10.2. The second-order valence-corrected chi connectivity index (χ2v) is 7.48. The standard InChI is InChI=1S/C13H16FN3O2S2/c1-8-5-11(6-12(15)13(8)14)21(18,19)16-4-3-10-7-20-9(2)17-10/h5-7,16H,3-4,15H2,1-2H3. The Labute approximate surface area is 127 Å². The molecule has 3 N–H and O–H groups in total. The summed E-state index contributed by atoms with van der Waals surface area (Å²) in [6.45, 7) is 3.59. The molecule has 8 heteroatoms. The molecule has 0 fully saturated rings. The van der Waals surface area contributed by atoms with Crippen molar-refractivity contribution in [3.05, 3.63) is 39.6 Å². The van der Waals surface area contributed by atoms with Crippen LogP contribution in [0.2, 0.25) is 0 Å². The third kappa shape index (κ3) is 3.78. The van der Waals surface area contributed by atoms with E-state index in [-0.39, 0.29) is 22.7 Å². The average molecular weight is 329 g/mol. The van der Waals surface area contributed by atoms with Crippen LogP contribution < -0.4 is 10.5 Å². The van der Waals surface area contributed by atoms with Crippen molar-refractivity contribution >= 4 is 27.0 Å². The van der Waals surface area contributed by atoms with Crippen molar-refractivity contribution in [1.82, 2.24) is 9.71 Å². The predicted molar refractivity (Wildman–Crippen MR) is 81.3 cm³/mol. The molecule has 0 radical (unpaired) electrons. The van der Waals surface area contributed by atoms with Crippen LogP contribution in [-0.2, 0) is 16.4 Å². The first-order chi connectivity index (χ1) is 9.79. The number of aromatic nitrogens is 1. The van der Waals surface area contributed by atoms with Crippen molar-refractivity contribution in [2.24, 2.45) is 0 Å². The van der Waals surface area contributed by atoms with Gasteiger partial charge in [-0.15, -0.1) is 11.3 Å². The van der Waals surface area contributed by atoms with Gasteiger partial charge in [0.05, 0.1) is 21.3 Å². The maximum atomic E-state index is 13.4. The van der Waals surface area contributed by atoms with Crippen LogP contribution in [0.3, 0.4) is 0 Å². The number of hydrogen-bond donors (Lipinski definition) is 2. The van der Waals surface area contributed by atoms with Gasteiger partial charge in [-0.3, -0.25) is 0 Å². The summed E-state index contributed by atoms with van der Waals surface area (Å²) >= 11 is 1.52. The Kier molecular flexibility index (Phi) is 4.60. The summed E-state index contributed by atoms with van der Waals surface area (Å²) in [7, 11) is -3.71. The molecule has 0 aliphatic heterocycles. The quantitative estimate of drug-likeness (QED) is 0.822. The highest BCUT2D eigenvalue weighted by Gasteiger charge is 2.17. The number of anilines is 1. The van der Waals surface area contributed by atoms with Gasteiger partial charge in [0.1, 0.15) is 5.82 Å². The van der Waals surface area contributed by atoms with E-state index in [1.165, 1.54) is 24.3 Å². The number of nitrogens with two attached hydrogens (primary N) is 1. The minimum Gasteiger partial charge on any atom is -0.396 e. The highest BCUT2D eigenvalue weighted by atomic mass is 32.2. The summed E-state index contributed by atoms with van der Waals surface area (Å²) in [6, 6.07) is 2.39. The topological polar surface area (TPSA) is 85.1 Å². The smallest absolute Gasteiger partial charge is 0.240 e. The normalized spacial score (nSPS) is 11.8. The molecule has 0 saturated carbocycles.